The standard InChI is InChI=1S/C25H23NO5/c1-15(2)23(26-24(28)22-8-5-11-30-22)25(29)31-14-21(27)18-10-9-17-12-16-6-3-4-7-19(16)20(17)13-18/h3-11,13,15,23H,12,14H2,1-2H3,(H,26,28)/t23-/m0/s1. The van der Waals surface area contributed by atoms with Crippen molar-refractivity contribution in [3.8, 4) is 11.1 Å². The maximum absolute atomic E-state index is 12.7. The van der Waals surface area contributed by atoms with Crippen molar-refractivity contribution in [2.75, 3.05) is 6.61 Å². The predicted octanol–water partition coefficient (Wildman–Crippen LogP) is 4.03. The molecule has 0 spiro atoms. The zero-order valence-electron chi connectivity index (χ0n) is 17.4. The fourth-order valence-electron chi connectivity index (χ4n) is 3.72. The molecule has 6 heteroatoms. The lowest BCUT2D eigenvalue weighted by Crippen LogP contribution is -2.45. The van der Waals surface area contributed by atoms with E-state index in [1.807, 2.05) is 30.3 Å². The van der Waals surface area contributed by atoms with Crippen LogP contribution >= 0.6 is 0 Å². The fourth-order valence-corrected chi connectivity index (χ4v) is 3.72. The first kappa shape index (κ1) is 20.6. The molecule has 0 aliphatic heterocycles. The molecule has 1 aliphatic rings. The Morgan fingerprint density at radius 1 is 1.00 bits per heavy atom. The van der Waals surface area contributed by atoms with Crippen LogP contribution in [0.3, 0.4) is 0 Å². The summed E-state index contributed by atoms with van der Waals surface area (Å²) in [4.78, 5) is 37.5. The smallest absolute Gasteiger partial charge is 0.329 e. The molecule has 6 nitrogen and oxygen atoms in total. The van der Waals surface area contributed by atoms with Crippen LogP contribution < -0.4 is 5.32 Å². The third kappa shape index (κ3) is 4.28. The van der Waals surface area contributed by atoms with Crippen LogP contribution in [0, 0.1) is 5.92 Å². The summed E-state index contributed by atoms with van der Waals surface area (Å²) in [6.07, 6.45) is 2.23. The summed E-state index contributed by atoms with van der Waals surface area (Å²) in [7, 11) is 0. The Morgan fingerprint density at radius 2 is 1.77 bits per heavy atom. The molecule has 0 bridgehead atoms. The van der Waals surface area contributed by atoms with Gasteiger partial charge in [-0.05, 0) is 52.8 Å². The fraction of sp³-hybridized carbons (Fsp3) is 0.240. The van der Waals surface area contributed by atoms with Crippen LogP contribution in [0.2, 0.25) is 0 Å². The lowest BCUT2D eigenvalue weighted by molar-refractivity contribution is -0.145. The molecule has 2 aromatic carbocycles. The van der Waals surface area contributed by atoms with Gasteiger partial charge in [-0.2, -0.15) is 0 Å². The molecule has 1 amide bonds. The topological polar surface area (TPSA) is 85.6 Å². The highest BCUT2D eigenvalue weighted by atomic mass is 16.5. The highest BCUT2D eigenvalue weighted by molar-refractivity contribution is 6.00. The SMILES string of the molecule is CC(C)[C@H](NC(=O)c1ccco1)C(=O)OCC(=O)c1ccc2c(c1)-c1ccccc1C2. The number of hydrogen-bond acceptors (Lipinski definition) is 5. The second-order valence-corrected chi connectivity index (χ2v) is 7.91. The Labute approximate surface area is 180 Å². The highest BCUT2D eigenvalue weighted by Crippen LogP contribution is 2.36. The molecule has 0 fully saturated rings. The quantitative estimate of drug-likeness (QED) is 0.362. The molecule has 0 radical (unpaired) electrons. The molecule has 1 atom stereocenters. The summed E-state index contributed by atoms with van der Waals surface area (Å²) in [5.74, 6) is -1.58. The number of ketones is 1. The number of Topliss-reactive ketones (excluding diaryl/α,β-unsaturated/α-hetero) is 1. The third-order valence-electron chi connectivity index (χ3n) is 5.42. The minimum absolute atomic E-state index is 0.105. The molecule has 31 heavy (non-hydrogen) atoms. The molecule has 1 N–H and O–H groups in total. The Hall–Kier alpha value is -3.67. The maximum Gasteiger partial charge on any atom is 0.329 e. The zero-order chi connectivity index (χ0) is 22.0. The van der Waals surface area contributed by atoms with Crippen LogP contribution in [-0.2, 0) is 16.0 Å². The van der Waals surface area contributed by atoms with Gasteiger partial charge in [-0.3, -0.25) is 9.59 Å². The second kappa shape index (κ2) is 8.60. The number of nitrogens with one attached hydrogen (secondary N) is 1. The van der Waals surface area contributed by atoms with Crippen molar-refractivity contribution in [2.45, 2.75) is 26.3 Å². The van der Waals surface area contributed by atoms with E-state index in [4.69, 9.17) is 9.15 Å². The molecule has 1 aromatic heterocycles. The van der Waals surface area contributed by atoms with Gasteiger partial charge in [-0.25, -0.2) is 4.79 Å². The number of rotatable bonds is 7. The van der Waals surface area contributed by atoms with Crippen molar-refractivity contribution in [2.24, 2.45) is 5.92 Å². The van der Waals surface area contributed by atoms with Crippen LogP contribution in [0.1, 0.15) is 45.9 Å². The number of furan rings is 1. The van der Waals surface area contributed by atoms with Gasteiger partial charge in [-0.1, -0.05) is 50.2 Å². The van der Waals surface area contributed by atoms with Gasteiger partial charge >= 0.3 is 5.97 Å². The van der Waals surface area contributed by atoms with E-state index in [-0.39, 0.29) is 24.1 Å². The van der Waals surface area contributed by atoms with Gasteiger partial charge in [-0.15, -0.1) is 0 Å². The van der Waals surface area contributed by atoms with Crippen molar-refractivity contribution in [3.63, 3.8) is 0 Å². The summed E-state index contributed by atoms with van der Waals surface area (Å²) in [6, 6.07) is 15.9. The Balaban J connectivity index is 1.41. The average Bonchev–Trinajstić information content (AvgIpc) is 3.42. The monoisotopic (exact) mass is 417 g/mol. The molecular formula is C25H23NO5. The number of carbonyl (C=O) groups excluding carboxylic acids is 3. The predicted molar refractivity (Wildman–Crippen MR) is 115 cm³/mol. The number of esters is 1. The zero-order valence-corrected chi connectivity index (χ0v) is 17.4. The van der Waals surface area contributed by atoms with Crippen LogP contribution in [0.4, 0.5) is 0 Å². The van der Waals surface area contributed by atoms with Crippen molar-refractivity contribution >= 4 is 17.7 Å². The number of benzene rings is 2. The number of fused-ring (bicyclic) bond motifs is 3. The third-order valence-corrected chi connectivity index (χ3v) is 5.42. The average molecular weight is 417 g/mol. The highest BCUT2D eigenvalue weighted by Gasteiger charge is 2.28. The molecule has 0 saturated carbocycles. The molecule has 3 aromatic rings. The summed E-state index contributed by atoms with van der Waals surface area (Å²) in [5.41, 5.74) is 5.07. The van der Waals surface area contributed by atoms with Crippen LogP contribution in [-0.4, -0.2) is 30.3 Å². The van der Waals surface area contributed by atoms with Crippen LogP contribution in [0.15, 0.2) is 65.3 Å². The lowest BCUT2D eigenvalue weighted by Gasteiger charge is -2.20. The summed E-state index contributed by atoms with van der Waals surface area (Å²) in [5, 5.41) is 2.61. The number of carbonyl (C=O) groups is 3. The van der Waals surface area contributed by atoms with E-state index in [2.05, 4.69) is 11.4 Å². The molecule has 0 unspecified atom stereocenters. The van der Waals surface area contributed by atoms with Crippen molar-refractivity contribution in [1.82, 2.24) is 5.32 Å². The Bertz CT molecular complexity index is 1130. The van der Waals surface area contributed by atoms with Gasteiger partial charge in [0.15, 0.2) is 18.2 Å². The van der Waals surface area contributed by atoms with Crippen LogP contribution in [0.5, 0.6) is 0 Å². The van der Waals surface area contributed by atoms with E-state index in [9.17, 15) is 14.4 Å². The van der Waals surface area contributed by atoms with E-state index in [1.165, 1.54) is 23.5 Å². The van der Waals surface area contributed by atoms with E-state index in [1.54, 1.807) is 26.0 Å². The van der Waals surface area contributed by atoms with E-state index in [0.717, 1.165) is 17.5 Å². The first-order valence-electron chi connectivity index (χ1n) is 10.2. The van der Waals surface area contributed by atoms with Crippen LogP contribution in [0.25, 0.3) is 11.1 Å². The molecule has 4 rings (SSSR count). The summed E-state index contributed by atoms with van der Waals surface area (Å²) >= 11 is 0. The van der Waals surface area contributed by atoms with Gasteiger partial charge in [0.2, 0.25) is 0 Å². The minimum Gasteiger partial charge on any atom is -0.459 e. The maximum atomic E-state index is 12.7. The molecule has 1 aliphatic carbocycles. The van der Waals surface area contributed by atoms with E-state index >= 15 is 0 Å². The van der Waals surface area contributed by atoms with E-state index in [0.29, 0.717) is 5.56 Å². The van der Waals surface area contributed by atoms with E-state index < -0.39 is 17.9 Å². The lowest BCUT2D eigenvalue weighted by atomic mass is 10.0. The van der Waals surface area contributed by atoms with Gasteiger partial charge in [0.1, 0.15) is 6.04 Å². The van der Waals surface area contributed by atoms with Gasteiger partial charge in [0, 0.05) is 5.56 Å². The van der Waals surface area contributed by atoms with Crippen molar-refractivity contribution in [3.05, 3.63) is 83.3 Å². The van der Waals surface area contributed by atoms with Crippen molar-refractivity contribution in [1.29, 1.82) is 0 Å². The normalized spacial score (nSPS) is 12.7. The van der Waals surface area contributed by atoms with Crippen molar-refractivity contribution < 1.29 is 23.5 Å². The largest absolute Gasteiger partial charge is 0.459 e. The van der Waals surface area contributed by atoms with Gasteiger partial charge in [0.25, 0.3) is 5.91 Å². The molecule has 158 valence electrons. The Morgan fingerprint density at radius 3 is 2.52 bits per heavy atom. The first-order chi connectivity index (χ1) is 14.9. The molecule has 1 heterocycles. The number of amides is 1. The molecular weight excluding hydrogens is 394 g/mol. The van der Waals surface area contributed by atoms with Gasteiger partial charge in [0.05, 0.1) is 6.26 Å². The van der Waals surface area contributed by atoms with Gasteiger partial charge < -0.3 is 14.5 Å². The molecule has 0 saturated heterocycles. The summed E-state index contributed by atoms with van der Waals surface area (Å²) < 4.78 is 10.3. The second-order valence-electron chi connectivity index (χ2n) is 7.91. The number of ether oxygens (including phenoxy) is 1. The minimum atomic E-state index is -0.891. The first-order valence-corrected chi connectivity index (χ1v) is 10.2. The summed E-state index contributed by atoms with van der Waals surface area (Å²) in [6.45, 7) is 3.18. The number of hydrogen-bond donors (Lipinski definition) is 1. The Kier molecular flexibility index (Phi) is 5.71.